The Hall–Kier alpha value is -1.89. The van der Waals surface area contributed by atoms with Gasteiger partial charge in [-0.2, -0.15) is 0 Å². The fourth-order valence-corrected chi connectivity index (χ4v) is 2.15. The minimum Gasteiger partial charge on any atom is -0.473 e. The van der Waals surface area contributed by atoms with Crippen LogP contribution in [0.5, 0.6) is 5.88 Å². The molecule has 2 atom stereocenters. The molecule has 19 heavy (non-hydrogen) atoms. The van der Waals surface area contributed by atoms with Crippen molar-refractivity contribution in [1.29, 1.82) is 0 Å². The largest absolute Gasteiger partial charge is 0.473 e. The van der Waals surface area contributed by atoms with Gasteiger partial charge in [0.2, 0.25) is 5.88 Å². The Morgan fingerprint density at radius 3 is 2.79 bits per heavy atom. The topological polar surface area (TPSA) is 103 Å². The van der Waals surface area contributed by atoms with Gasteiger partial charge >= 0.3 is 0 Å². The Morgan fingerprint density at radius 2 is 2.16 bits per heavy atom. The second kappa shape index (κ2) is 6.33. The highest BCUT2D eigenvalue weighted by Gasteiger charge is 2.23. The molecule has 0 radical (unpaired) electrons. The van der Waals surface area contributed by atoms with Gasteiger partial charge in [0.25, 0.3) is 0 Å². The predicted octanol–water partition coefficient (Wildman–Crippen LogP) is 0.907. The third-order valence-electron chi connectivity index (χ3n) is 3.20. The van der Waals surface area contributed by atoms with Crippen LogP contribution in [0.15, 0.2) is 17.5 Å². The summed E-state index contributed by atoms with van der Waals surface area (Å²) >= 11 is 0. The van der Waals surface area contributed by atoms with E-state index in [1.165, 1.54) is 12.4 Å². The maximum Gasteiger partial charge on any atom is 0.232 e. The minimum atomic E-state index is -0.0730. The molecule has 1 aliphatic carbocycles. The lowest BCUT2D eigenvalue weighted by molar-refractivity contribution is 0.0194. The van der Waals surface area contributed by atoms with E-state index in [4.69, 9.17) is 20.4 Å². The van der Waals surface area contributed by atoms with Crippen LogP contribution in [0.25, 0.3) is 0 Å². The van der Waals surface area contributed by atoms with Crippen LogP contribution in [-0.2, 0) is 4.74 Å². The fourth-order valence-electron chi connectivity index (χ4n) is 2.15. The lowest BCUT2D eigenvalue weighted by Crippen LogP contribution is -2.29. The summed E-state index contributed by atoms with van der Waals surface area (Å²) in [5.74, 6) is 0.368. The zero-order valence-corrected chi connectivity index (χ0v) is 10.8. The molecule has 1 aromatic heterocycles. The third kappa shape index (κ3) is 3.54. The van der Waals surface area contributed by atoms with E-state index < -0.39 is 0 Å². The van der Waals surface area contributed by atoms with Crippen LogP contribution in [0.3, 0.4) is 0 Å². The number of oxime groups is 1. The second-order valence-electron chi connectivity index (χ2n) is 4.49. The maximum absolute atomic E-state index is 8.52. The van der Waals surface area contributed by atoms with Crippen LogP contribution in [-0.4, -0.2) is 40.3 Å². The molecule has 0 aliphatic heterocycles. The van der Waals surface area contributed by atoms with Crippen molar-refractivity contribution < 1.29 is 14.7 Å². The van der Waals surface area contributed by atoms with Gasteiger partial charge in [-0.15, -0.1) is 0 Å². The molecular formula is C12H18N4O3. The van der Waals surface area contributed by atoms with Crippen molar-refractivity contribution in [3.63, 3.8) is 0 Å². The molecule has 3 N–H and O–H groups in total. The monoisotopic (exact) mass is 266 g/mol. The standard InChI is InChI=1S/C12H18N4O3/c1-18-8-3-2-4-9(5-8)19-11-7-14-10(6-15-11)12(13)16-17/h6-9,17H,2-5H2,1H3,(H2,13,16). The van der Waals surface area contributed by atoms with Gasteiger partial charge in [0.1, 0.15) is 11.8 Å². The van der Waals surface area contributed by atoms with Crippen LogP contribution in [0.2, 0.25) is 0 Å². The van der Waals surface area contributed by atoms with E-state index in [-0.39, 0.29) is 18.0 Å². The van der Waals surface area contributed by atoms with E-state index in [0.29, 0.717) is 11.6 Å². The molecule has 1 heterocycles. The first-order valence-corrected chi connectivity index (χ1v) is 6.22. The van der Waals surface area contributed by atoms with Gasteiger partial charge in [-0.05, 0) is 19.3 Å². The maximum atomic E-state index is 8.52. The Labute approximate surface area is 111 Å². The first-order valence-electron chi connectivity index (χ1n) is 6.22. The summed E-state index contributed by atoms with van der Waals surface area (Å²) in [5, 5.41) is 11.4. The molecule has 0 aromatic carbocycles. The second-order valence-corrected chi connectivity index (χ2v) is 4.49. The number of nitrogens with two attached hydrogens (primary N) is 1. The van der Waals surface area contributed by atoms with Crippen LogP contribution in [0.1, 0.15) is 31.4 Å². The van der Waals surface area contributed by atoms with E-state index in [1.807, 2.05) is 0 Å². The van der Waals surface area contributed by atoms with Gasteiger partial charge in [-0.3, -0.25) is 0 Å². The van der Waals surface area contributed by atoms with Gasteiger partial charge in [-0.25, -0.2) is 9.97 Å². The highest BCUT2D eigenvalue weighted by atomic mass is 16.5. The van der Waals surface area contributed by atoms with E-state index in [9.17, 15) is 0 Å². The zero-order valence-electron chi connectivity index (χ0n) is 10.8. The third-order valence-corrected chi connectivity index (χ3v) is 3.20. The highest BCUT2D eigenvalue weighted by Crippen LogP contribution is 2.24. The summed E-state index contributed by atoms with van der Waals surface area (Å²) in [7, 11) is 1.72. The molecule has 7 heteroatoms. The van der Waals surface area contributed by atoms with Gasteiger partial charge in [0.15, 0.2) is 5.84 Å². The average molecular weight is 266 g/mol. The molecule has 0 saturated heterocycles. The molecule has 1 aliphatic rings. The normalized spacial score (nSPS) is 24.2. The van der Waals surface area contributed by atoms with Crippen molar-refractivity contribution >= 4 is 5.84 Å². The van der Waals surface area contributed by atoms with Crippen LogP contribution in [0.4, 0.5) is 0 Å². The molecule has 7 nitrogen and oxygen atoms in total. The Kier molecular flexibility index (Phi) is 4.51. The van der Waals surface area contributed by atoms with Crippen molar-refractivity contribution in [2.24, 2.45) is 10.9 Å². The number of hydrogen-bond acceptors (Lipinski definition) is 6. The Bertz CT molecular complexity index is 435. The van der Waals surface area contributed by atoms with Crippen molar-refractivity contribution in [3.8, 4) is 5.88 Å². The molecule has 1 aromatic rings. The van der Waals surface area contributed by atoms with Crippen LogP contribution >= 0.6 is 0 Å². The first-order chi connectivity index (χ1) is 9.22. The number of nitrogens with zero attached hydrogens (tertiary/aromatic N) is 3. The summed E-state index contributed by atoms with van der Waals surface area (Å²) in [6.45, 7) is 0. The summed E-state index contributed by atoms with van der Waals surface area (Å²) in [4.78, 5) is 8.11. The quantitative estimate of drug-likeness (QED) is 0.363. The minimum absolute atomic E-state index is 0.0730. The van der Waals surface area contributed by atoms with Crippen molar-refractivity contribution in [1.82, 2.24) is 9.97 Å². The van der Waals surface area contributed by atoms with E-state index in [1.54, 1.807) is 7.11 Å². The molecule has 2 unspecified atom stereocenters. The summed E-state index contributed by atoms with van der Waals surface area (Å²) in [6.07, 6.45) is 7.25. The highest BCUT2D eigenvalue weighted by molar-refractivity contribution is 5.94. The number of hydrogen-bond donors (Lipinski definition) is 2. The number of aromatic nitrogens is 2. The van der Waals surface area contributed by atoms with Gasteiger partial charge in [-0.1, -0.05) is 5.16 Å². The van der Waals surface area contributed by atoms with Crippen molar-refractivity contribution in [2.45, 2.75) is 37.9 Å². The Balaban J connectivity index is 1.96. The number of rotatable bonds is 4. The molecule has 1 fully saturated rings. The summed E-state index contributed by atoms with van der Waals surface area (Å²) in [5.41, 5.74) is 5.72. The van der Waals surface area contributed by atoms with Crippen molar-refractivity contribution in [3.05, 3.63) is 18.1 Å². The van der Waals surface area contributed by atoms with E-state index >= 15 is 0 Å². The van der Waals surface area contributed by atoms with E-state index in [0.717, 1.165) is 25.7 Å². The van der Waals surface area contributed by atoms with Crippen LogP contribution in [0, 0.1) is 0 Å². The zero-order chi connectivity index (χ0) is 13.7. The van der Waals surface area contributed by atoms with E-state index in [2.05, 4.69) is 15.1 Å². The predicted molar refractivity (Wildman–Crippen MR) is 68.2 cm³/mol. The fraction of sp³-hybridized carbons (Fsp3) is 0.583. The van der Waals surface area contributed by atoms with Gasteiger partial charge in [0.05, 0.1) is 18.5 Å². The molecular weight excluding hydrogens is 248 g/mol. The molecule has 0 spiro atoms. The lowest BCUT2D eigenvalue weighted by Gasteiger charge is -2.28. The molecule has 0 bridgehead atoms. The average Bonchev–Trinajstić information content (AvgIpc) is 2.47. The Morgan fingerprint density at radius 1 is 1.37 bits per heavy atom. The molecule has 104 valence electrons. The smallest absolute Gasteiger partial charge is 0.232 e. The lowest BCUT2D eigenvalue weighted by atomic mass is 9.95. The van der Waals surface area contributed by atoms with Crippen LogP contribution < -0.4 is 10.5 Å². The number of methoxy groups -OCH3 is 1. The number of ether oxygens (including phenoxy) is 2. The SMILES string of the molecule is COC1CCCC(Oc2cnc(C(N)=NO)cn2)C1. The number of amidine groups is 1. The van der Waals surface area contributed by atoms with Crippen molar-refractivity contribution in [2.75, 3.05) is 7.11 Å². The molecule has 2 rings (SSSR count). The molecule has 1 saturated carbocycles. The first kappa shape index (κ1) is 13.5. The van der Waals surface area contributed by atoms with Gasteiger partial charge in [0, 0.05) is 13.5 Å². The summed E-state index contributed by atoms with van der Waals surface area (Å²) < 4.78 is 11.1. The summed E-state index contributed by atoms with van der Waals surface area (Å²) in [6, 6.07) is 0. The van der Waals surface area contributed by atoms with Gasteiger partial charge < -0.3 is 20.4 Å². The molecule has 0 amide bonds.